The molecular weight excluding hydrogens is 238 g/mol. The van der Waals surface area contributed by atoms with Gasteiger partial charge < -0.3 is 19.5 Å². The third kappa shape index (κ3) is 13.1. The van der Waals surface area contributed by atoms with Gasteiger partial charge in [0.05, 0.1) is 19.8 Å². The number of hydrogen-bond acceptors (Lipinski definition) is 5. The number of ether oxygens (including phenoxy) is 3. The van der Waals surface area contributed by atoms with Gasteiger partial charge in [-0.1, -0.05) is 6.92 Å². The zero-order valence-corrected chi connectivity index (χ0v) is 11.2. The van der Waals surface area contributed by atoms with Crippen molar-refractivity contribution in [2.24, 2.45) is 0 Å². The van der Waals surface area contributed by atoms with Crippen molar-refractivity contribution in [1.82, 2.24) is 5.32 Å². The third-order valence-electron chi connectivity index (χ3n) is 1.83. The van der Waals surface area contributed by atoms with Crippen LogP contribution in [0.1, 0.15) is 20.3 Å². The van der Waals surface area contributed by atoms with E-state index in [-0.39, 0.29) is 24.9 Å². The molecule has 1 amide bonds. The van der Waals surface area contributed by atoms with E-state index < -0.39 is 0 Å². The lowest BCUT2D eigenvalue weighted by atomic mass is 10.5. The van der Waals surface area contributed by atoms with Gasteiger partial charge in [-0.25, -0.2) is 0 Å². The smallest absolute Gasteiger partial charge is 0.246 e. The Morgan fingerprint density at radius 1 is 0.944 bits per heavy atom. The van der Waals surface area contributed by atoms with Crippen LogP contribution in [0.2, 0.25) is 0 Å². The zero-order chi connectivity index (χ0) is 13.6. The van der Waals surface area contributed by atoms with Crippen LogP contribution in [0.25, 0.3) is 0 Å². The molecule has 0 aromatic rings. The summed E-state index contributed by atoms with van der Waals surface area (Å²) in [6.07, 6.45) is 0.996. The molecule has 0 unspecified atom stereocenters. The van der Waals surface area contributed by atoms with Gasteiger partial charge in [-0.05, 0) is 13.3 Å². The fourth-order valence-corrected chi connectivity index (χ4v) is 1.07. The predicted molar refractivity (Wildman–Crippen MR) is 66.4 cm³/mol. The van der Waals surface area contributed by atoms with E-state index in [2.05, 4.69) is 5.32 Å². The summed E-state index contributed by atoms with van der Waals surface area (Å²) in [7, 11) is 0. The largest absolute Gasteiger partial charge is 0.379 e. The highest BCUT2D eigenvalue weighted by Gasteiger charge is 2.01. The Kier molecular flexibility index (Phi) is 11.8. The highest BCUT2D eigenvalue weighted by molar-refractivity contribution is 5.79. The Morgan fingerprint density at radius 2 is 1.61 bits per heavy atom. The van der Waals surface area contributed by atoms with Gasteiger partial charge in [-0.15, -0.1) is 0 Å². The summed E-state index contributed by atoms with van der Waals surface area (Å²) in [5.41, 5.74) is 0. The van der Waals surface area contributed by atoms with Crippen LogP contribution in [-0.4, -0.2) is 57.9 Å². The Hall–Kier alpha value is -0.980. The van der Waals surface area contributed by atoms with Gasteiger partial charge in [0, 0.05) is 13.2 Å². The Bertz CT molecular complexity index is 233. The molecule has 0 radical (unpaired) electrons. The minimum Gasteiger partial charge on any atom is -0.379 e. The summed E-state index contributed by atoms with van der Waals surface area (Å²) in [4.78, 5) is 21.7. The fourth-order valence-electron chi connectivity index (χ4n) is 1.07. The Labute approximate surface area is 108 Å². The number of carbonyl (C=O) groups is 2. The monoisotopic (exact) mass is 261 g/mol. The highest BCUT2D eigenvalue weighted by Crippen LogP contribution is 1.82. The quantitative estimate of drug-likeness (QED) is 0.506. The minimum atomic E-state index is -0.248. The van der Waals surface area contributed by atoms with Crippen molar-refractivity contribution in [1.29, 1.82) is 0 Å². The minimum absolute atomic E-state index is 0.0291. The van der Waals surface area contributed by atoms with Crippen LogP contribution in [-0.2, 0) is 23.8 Å². The molecule has 6 nitrogen and oxygen atoms in total. The van der Waals surface area contributed by atoms with E-state index in [4.69, 9.17) is 14.2 Å². The molecule has 0 heterocycles. The van der Waals surface area contributed by atoms with Crippen molar-refractivity contribution >= 4 is 11.7 Å². The van der Waals surface area contributed by atoms with Gasteiger partial charge in [-0.3, -0.25) is 9.59 Å². The van der Waals surface area contributed by atoms with Crippen molar-refractivity contribution < 1.29 is 23.8 Å². The lowest BCUT2D eigenvalue weighted by Gasteiger charge is -2.07. The number of Topliss-reactive ketones (excluding diaryl/α,β-unsaturated/α-hetero) is 1. The molecule has 0 saturated heterocycles. The van der Waals surface area contributed by atoms with Crippen LogP contribution in [0, 0.1) is 0 Å². The normalized spacial score (nSPS) is 10.3. The molecule has 1 N–H and O–H groups in total. The molecule has 0 aliphatic heterocycles. The van der Waals surface area contributed by atoms with Crippen molar-refractivity contribution in [3.8, 4) is 0 Å². The van der Waals surface area contributed by atoms with Crippen LogP contribution in [0.15, 0.2) is 0 Å². The molecule has 0 bridgehead atoms. The number of nitrogens with one attached hydrogen (secondary N) is 1. The van der Waals surface area contributed by atoms with Gasteiger partial charge in [0.1, 0.15) is 13.2 Å². The molecule has 0 saturated carbocycles. The van der Waals surface area contributed by atoms with Gasteiger partial charge in [-0.2, -0.15) is 0 Å². The second kappa shape index (κ2) is 12.5. The van der Waals surface area contributed by atoms with E-state index in [1.807, 2.05) is 6.92 Å². The molecule has 0 atom stereocenters. The number of rotatable bonds is 12. The van der Waals surface area contributed by atoms with Crippen molar-refractivity contribution in [3.63, 3.8) is 0 Å². The first kappa shape index (κ1) is 17.0. The number of ketones is 1. The summed E-state index contributed by atoms with van der Waals surface area (Å²) in [5.74, 6) is -0.347. The van der Waals surface area contributed by atoms with Crippen LogP contribution in [0.4, 0.5) is 0 Å². The van der Waals surface area contributed by atoms with Gasteiger partial charge in [0.15, 0.2) is 5.78 Å². The lowest BCUT2D eigenvalue weighted by Crippen LogP contribution is -2.31. The van der Waals surface area contributed by atoms with Gasteiger partial charge in [0.25, 0.3) is 0 Å². The van der Waals surface area contributed by atoms with E-state index in [0.717, 1.165) is 13.0 Å². The second-order valence-corrected chi connectivity index (χ2v) is 3.77. The molecule has 18 heavy (non-hydrogen) atoms. The van der Waals surface area contributed by atoms with Crippen molar-refractivity contribution in [3.05, 3.63) is 0 Å². The molecule has 0 spiro atoms. The first-order valence-corrected chi connectivity index (χ1v) is 6.16. The molecule has 0 aromatic carbocycles. The van der Waals surface area contributed by atoms with E-state index in [9.17, 15) is 9.59 Å². The molecule has 0 aromatic heterocycles. The van der Waals surface area contributed by atoms with E-state index in [1.54, 1.807) is 0 Å². The predicted octanol–water partition coefficient (Wildman–Crippen LogP) is 0.151. The SMILES string of the molecule is CCCOCCOCCNC(=O)COCC(C)=O. The van der Waals surface area contributed by atoms with Crippen LogP contribution in [0.3, 0.4) is 0 Å². The Balaban J connectivity index is 3.17. The van der Waals surface area contributed by atoms with Crippen LogP contribution in [0.5, 0.6) is 0 Å². The third-order valence-corrected chi connectivity index (χ3v) is 1.83. The van der Waals surface area contributed by atoms with Crippen LogP contribution < -0.4 is 5.32 Å². The number of hydrogen-bond donors (Lipinski definition) is 1. The molecular formula is C12H23NO5. The molecule has 0 rings (SSSR count). The van der Waals surface area contributed by atoms with Crippen molar-refractivity contribution in [2.45, 2.75) is 20.3 Å². The number of amides is 1. The fraction of sp³-hybridized carbons (Fsp3) is 0.833. The zero-order valence-electron chi connectivity index (χ0n) is 11.2. The van der Waals surface area contributed by atoms with Gasteiger partial charge in [0.2, 0.25) is 5.91 Å². The molecule has 0 aliphatic carbocycles. The van der Waals surface area contributed by atoms with Gasteiger partial charge >= 0.3 is 0 Å². The van der Waals surface area contributed by atoms with Crippen LogP contribution >= 0.6 is 0 Å². The lowest BCUT2D eigenvalue weighted by molar-refractivity contribution is -0.129. The summed E-state index contributed by atoms with van der Waals surface area (Å²) >= 11 is 0. The molecule has 106 valence electrons. The summed E-state index contributed by atoms with van der Waals surface area (Å²) in [6, 6.07) is 0. The topological polar surface area (TPSA) is 73.9 Å². The maximum Gasteiger partial charge on any atom is 0.246 e. The standard InChI is InChI=1S/C12H23NO5/c1-3-5-16-7-8-17-6-4-13-12(15)10-18-9-11(2)14/h3-10H2,1-2H3,(H,13,15). The van der Waals surface area contributed by atoms with E-state index in [0.29, 0.717) is 26.4 Å². The first-order valence-electron chi connectivity index (χ1n) is 6.16. The average molecular weight is 261 g/mol. The van der Waals surface area contributed by atoms with E-state index >= 15 is 0 Å². The first-order chi connectivity index (χ1) is 8.66. The highest BCUT2D eigenvalue weighted by atomic mass is 16.5. The average Bonchev–Trinajstić information content (AvgIpc) is 2.32. The van der Waals surface area contributed by atoms with E-state index in [1.165, 1.54) is 6.92 Å². The molecule has 0 aliphatic rings. The summed E-state index contributed by atoms with van der Waals surface area (Å²) in [5, 5.41) is 2.62. The number of carbonyl (C=O) groups excluding carboxylic acids is 2. The molecule has 6 heteroatoms. The molecule has 0 fully saturated rings. The summed E-state index contributed by atoms with van der Waals surface area (Å²) < 4.78 is 15.3. The Morgan fingerprint density at radius 3 is 2.22 bits per heavy atom. The second-order valence-electron chi connectivity index (χ2n) is 3.77. The maximum atomic E-state index is 11.2. The maximum absolute atomic E-state index is 11.2. The summed E-state index contributed by atoms with van der Waals surface area (Å²) in [6.45, 7) is 6.03. The van der Waals surface area contributed by atoms with Crippen molar-refractivity contribution in [2.75, 3.05) is 46.2 Å².